The van der Waals surface area contributed by atoms with Gasteiger partial charge in [-0.25, -0.2) is 14.6 Å². The van der Waals surface area contributed by atoms with E-state index in [1.807, 2.05) is 32.0 Å². The molecule has 0 bridgehead atoms. The maximum absolute atomic E-state index is 12.1. The summed E-state index contributed by atoms with van der Waals surface area (Å²) in [5.74, 6) is 1.50. The van der Waals surface area contributed by atoms with E-state index in [1.54, 1.807) is 35.2 Å². The Balaban J connectivity index is 1.65. The predicted molar refractivity (Wildman–Crippen MR) is 114 cm³/mol. The number of carbonyl (C=O) groups excluding carboxylic acids is 2. The minimum absolute atomic E-state index is 0.175. The molecule has 0 aliphatic carbocycles. The zero-order valence-corrected chi connectivity index (χ0v) is 17.0. The largest absolute Gasteiger partial charge is 0.457 e. The van der Waals surface area contributed by atoms with Gasteiger partial charge in [0.2, 0.25) is 0 Å². The van der Waals surface area contributed by atoms with E-state index in [2.05, 4.69) is 20.9 Å². The second-order valence-corrected chi connectivity index (χ2v) is 6.30. The summed E-state index contributed by atoms with van der Waals surface area (Å²) in [5.41, 5.74) is 0.786. The Bertz CT molecular complexity index is 1020. The molecule has 3 N–H and O–H groups in total. The molecule has 0 aliphatic heterocycles. The summed E-state index contributed by atoms with van der Waals surface area (Å²) in [5, 5.41) is 8.99. The van der Waals surface area contributed by atoms with Crippen LogP contribution < -0.4 is 20.7 Å². The molecule has 1 aromatic carbocycles. The summed E-state index contributed by atoms with van der Waals surface area (Å²) in [6, 6.07) is 10.1. The van der Waals surface area contributed by atoms with Gasteiger partial charge in [-0.2, -0.15) is 0 Å². The van der Waals surface area contributed by atoms with E-state index in [1.165, 1.54) is 0 Å². The van der Waals surface area contributed by atoms with Crippen molar-refractivity contribution in [3.05, 3.63) is 48.8 Å². The molecule has 2 aromatic heterocycles. The van der Waals surface area contributed by atoms with Gasteiger partial charge in [0, 0.05) is 43.5 Å². The minimum atomic E-state index is -0.368. The number of anilines is 1. The molecule has 2 heterocycles. The number of urea groups is 1. The second kappa shape index (κ2) is 10.3. The van der Waals surface area contributed by atoms with Crippen molar-refractivity contribution in [2.24, 2.45) is 0 Å². The fourth-order valence-corrected chi connectivity index (χ4v) is 2.82. The first-order valence-electron chi connectivity index (χ1n) is 9.76. The van der Waals surface area contributed by atoms with Crippen LogP contribution in [0.25, 0.3) is 10.9 Å². The van der Waals surface area contributed by atoms with Crippen LogP contribution >= 0.6 is 0 Å². The molecule has 9 heteroatoms. The highest BCUT2D eigenvalue weighted by molar-refractivity contribution is 5.92. The highest BCUT2D eigenvalue weighted by Gasteiger charge is 2.09. The number of pyridine rings is 1. The highest BCUT2D eigenvalue weighted by atomic mass is 16.5. The van der Waals surface area contributed by atoms with Gasteiger partial charge < -0.3 is 20.1 Å². The maximum atomic E-state index is 12.1. The van der Waals surface area contributed by atoms with Crippen LogP contribution in [0.5, 0.6) is 11.5 Å². The fourth-order valence-electron chi connectivity index (χ4n) is 2.82. The Kier molecular flexibility index (Phi) is 7.23. The Morgan fingerprint density at radius 2 is 1.90 bits per heavy atom. The molecule has 3 rings (SSSR count). The van der Waals surface area contributed by atoms with Crippen molar-refractivity contribution >= 4 is 28.8 Å². The highest BCUT2D eigenvalue weighted by Crippen LogP contribution is 2.27. The van der Waals surface area contributed by atoms with Gasteiger partial charge in [0.1, 0.15) is 17.3 Å². The average molecular weight is 411 g/mol. The van der Waals surface area contributed by atoms with E-state index in [0.29, 0.717) is 43.6 Å². The third-order valence-electron chi connectivity index (χ3n) is 4.15. The molecule has 0 radical (unpaired) electrons. The molecule has 3 amide bonds. The third-order valence-corrected chi connectivity index (χ3v) is 4.15. The summed E-state index contributed by atoms with van der Waals surface area (Å²) >= 11 is 0. The molecule has 0 saturated carbocycles. The summed E-state index contributed by atoms with van der Waals surface area (Å²) in [7, 11) is 0. The van der Waals surface area contributed by atoms with Crippen LogP contribution in [0.15, 0.2) is 48.8 Å². The predicted octanol–water partition coefficient (Wildman–Crippen LogP) is 3.56. The van der Waals surface area contributed by atoms with Gasteiger partial charge in [-0.1, -0.05) is 0 Å². The van der Waals surface area contributed by atoms with Crippen LogP contribution in [0.4, 0.5) is 15.4 Å². The Hall–Kier alpha value is -3.59. The van der Waals surface area contributed by atoms with Crippen molar-refractivity contribution in [1.29, 1.82) is 0 Å². The first-order valence-corrected chi connectivity index (χ1v) is 9.76. The zero-order valence-electron chi connectivity index (χ0n) is 17.0. The number of amides is 3. The van der Waals surface area contributed by atoms with Crippen molar-refractivity contribution in [3.8, 4) is 11.5 Å². The van der Waals surface area contributed by atoms with Crippen LogP contribution in [-0.4, -0.2) is 47.9 Å². The number of hydrogen-bond donors (Lipinski definition) is 3. The van der Waals surface area contributed by atoms with Crippen LogP contribution in [0.2, 0.25) is 0 Å². The summed E-state index contributed by atoms with van der Waals surface area (Å²) < 4.78 is 12.6. The number of aromatic nitrogens is 2. The Morgan fingerprint density at radius 1 is 1.07 bits per heavy atom. The van der Waals surface area contributed by atoms with Crippen LogP contribution in [0.3, 0.4) is 0 Å². The fraction of sp³-hybridized carbons (Fsp3) is 0.286. The maximum Gasteiger partial charge on any atom is 0.326 e. The molecule has 158 valence electrons. The molecule has 30 heavy (non-hydrogen) atoms. The van der Waals surface area contributed by atoms with E-state index in [-0.39, 0.29) is 12.1 Å². The van der Waals surface area contributed by atoms with Crippen LogP contribution in [-0.2, 0) is 4.74 Å². The van der Waals surface area contributed by atoms with E-state index < -0.39 is 0 Å². The molecular formula is C21H25N5O4. The lowest BCUT2D eigenvalue weighted by Crippen LogP contribution is -2.31. The average Bonchev–Trinajstić information content (AvgIpc) is 3.15. The van der Waals surface area contributed by atoms with Crippen molar-refractivity contribution in [2.45, 2.75) is 13.8 Å². The number of hydrogen-bond acceptors (Lipinski definition) is 5. The molecule has 0 saturated heterocycles. The van der Waals surface area contributed by atoms with Gasteiger partial charge in [-0.05, 0) is 44.2 Å². The topological polar surface area (TPSA) is 107 Å². The number of nitrogens with one attached hydrogen (secondary N) is 3. The molecule has 9 nitrogen and oxygen atoms in total. The lowest BCUT2D eigenvalue weighted by atomic mass is 10.2. The van der Waals surface area contributed by atoms with Crippen molar-refractivity contribution < 1.29 is 19.1 Å². The van der Waals surface area contributed by atoms with Gasteiger partial charge in [-0.15, -0.1) is 0 Å². The normalized spacial score (nSPS) is 10.6. The van der Waals surface area contributed by atoms with E-state index in [0.717, 1.165) is 10.9 Å². The van der Waals surface area contributed by atoms with E-state index >= 15 is 0 Å². The summed E-state index contributed by atoms with van der Waals surface area (Å²) in [6.07, 6.45) is 3.27. The van der Waals surface area contributed by atoms with Crippen molar-refractivity contribution in [2.75, 3.05) is 31.6 Å². The van der Waals surface area contributed by atoms with E-state index in [4.69, 9.17) is 9.47 Å². The number of carbonyl (C=O) groups is 2. The molecule has 0 aliphatic rings. The summed E-state index contributed by atoms with van der Waals surface area (Å²) in [6.45, 7) is 5.79. The van der Waals surface area contributed by atoms with Gasteiger partial charge in [0.25, 0.3) is 0 Å². The van der Waals surface area contributed by atoms with Gasteiger partial charge in [0.05, 0.1) is 12.1 Å². The molecule has 0 spiro atoms. The standard InChI is InChI=1S/C21H25N5O4/c1-3-22-21(28)26-11-8-15-13-16(5-6-18(15)26)30-17-7-9-23-19(14-17)25-20(27)24-10-12-29-4-2/h5-9,11,13-14H,3-4,10,12H2,1-2H3,(H,22,28)(H2,23,24,25,27). The smallest absolute Gasteiger partial charge is 0.326 e. The number of fused-ring (bicyclic) bond motifs is 1. The molecule has 0 unspecified atom stereocenters. The minimum Gasteiger partial charge on any atom is -0.457 e. The monoisotopic (exact) mass is 411 g/mol. The molecular weight excluding hydrogens is 386 g/mol. The lowest BCUT2D eigenvalue weighted by molar-refractivity contribution is 0.150. The number of benzene rings is 1. The van der Waals surface area contributed by atoms with Gasteiger partial charge >= 0.3 is 12.1 Å². The molecule has 0 atom stereocenters. The summed E-state index contributed by atoms with van der Waals surface area (Å²) in [4.78, 5) is 28.1. The number of ether oxygens (including phenoxy) is 2. The van der Waals surface area contributed by atoms with Crippen molar-refractivity contribution in [3.63, 3.8) is 0 Å². The van der Waals surface area contributed by atoms with Crippen LogP contribution in [0.1, 0.15) is 13.8 Å². The zero-order chi connectivity index (χ0) is 21.3. The first-order chi connectivity index (χ1) is 14.6. The first kappa shape index (κ1) is 21.1. The Morgan fingerprint density at radius 3 is 2.70 bits per heavy atom. The molecule has 3 aromatic rings. The quantitative estimate of drug-likeness (QED) is 0.492. The number of nitrogens with zero attached hydrogens (tertiary/aromatic N) is 2. The van der Waals surface area contributed by atoms with Gasteiger partial charge in [-0.3, -0.25) is 9.88 Å². The molecule has 0 fully saturated rings. The third kappa shape index (κ3) is 5.48. The lowest BCUT2D eigenvalue weighted by Gasteiger charge is -2.10. The number of rotatable bonds is 8. The van der Waals surface area contributed by atoms with Crippen LogP contribution in [0, 0.1) is 0 Å². The SMILES string of the molecule is CCNC(=O)n1ccc2cc(Oc3ccnc(NC(=O)NCCOCC)c3)ccc21. The van der Waals surface area contributed by atoms with E-state index in [9.17, 15) is 9.59 Å². The second-order valence-electron chi connectivity index (χ2n) is 6.30. The van der Waals surface area contributed by atoms with Crippen molar-refractivity contribution in [1.82, 2.24) is 20.2 Å². The Labute approximate surface area is 174 Å². The van der Waals surface area contributed by atoms with Gasteiger partial charge in [0.15, 0.2) is 0 Å².